The normalized spacial score (nSPS) is 17.7. The Labute approximate surface area is 212 Å². The second kappa shape index (κ2) is 12.0. The Morgan fingerprint density at radius 1 is 0.944 bits per heavy atom. The van der Waals surface area contributed by atoms with Crippen LogP contribution in [-0.2, 0) is 14.3 Å². The number of hydrogen-bond acceptors (Lipinski definition) is 6. The van der Waals surface area contributed by atoms with Gasteiger partial charge in [0.05, 0.1) is 32.6 Å². The molecule has 2 aromatic rings. The third-order valence-corrected chi connectivity index (χ3v) is 7.00. The van der Waals surface area contributed by atoms with Crippen LogP contribution < -0.4 is 9.47 Å². The number of benzene rings is 2. The van der Waals surface area contributed by atoms with Gasteiger partial charge in [0.25, 0.3) is 5.91 Å². The minimum absolute atomic E-state index is 0.0102. The number of amides is 2. The van der Waals surface area contributed by atoms with Gasteiger partial charge in [0, 0.05) is 26.0 Å². The van der Waals surface area contributed by atoms with E-state index in [9.17, 15) is 9.59 Å². The SMILES string of the molecule is COCCN(CC(=O)N1N=C(c2ccc(OC)cc2)C[C@H]1c1ccc(OC)cc1)C(=O)C1CCCC1. The van der Waals surface area contributed by atoms with E-state index in [4.69, 9.17) is 19.3 Å². The maximum Gasteiger partial charge on any atom is 0.262 e. The lowest BCUT2D eigenvalue weighted by molar-refractivity contribution is -0.144. The fraction of sp³-hybridized carbons (Fsp3) is 0.464. The van der Waals surface area contributed by atoms with Crippen molar-refractivity contribution in [3.8, 4) is 11.5 Å². The molecule has 0 aromatic heterocycles. The van der Waals surface area contributed by atoms with Crippen LogP contribution >= 0.6 is 0 Å². The molecule has 2 aliphatic rings. The smallest absolute Gasteiger partial charge is 0.262 e. The number of hydrazone groups is 1. The van der Waals surface area contributed by atoms with E-state index in [1.807, 2.05) is 48.5 Å². The van der Waals surface area contributed by atoms with Crippen molar-refractivity contribution in [1.29, 1.82) is 0 Å². The van der Waals surface area contributed by atoms with Crippen molar-refractivity contribution in [2.24, 2.45) is 11.0 Å². The second-order valence-electron chi connectivity index (χ2n) is 9.24. The summed E-state index contributed by atoms with van der Waals surface area (Å²) in [5.74, 6) is 1.33. The zero-order chi connectivity index (χ0) is 25.5. The molecule has 1 atom stereocenters. The molecule has 0 bridgehead atoms. The van der Waals surface area contributed by atoms with Crippen molar-refractivity contribution in [3.05, 3.63) is 59.7 Å². The first-order valence-electron chi connectivity index (χ1n) is 12.5. The van der Waals surface area contributed by atoms with Crippen molar-refractivity contribution < 1.29 is 23.8 Å². The van der Waals surface area contributed by atoms with E-state index in [0.717, 1.165) is 54.0 Å². The fourth-order valence-electron chi connectivity index (χ4n) is 4.92. The number of rotatable bonds is 10. The van der Waals surface area contributed by atoms with Gasteiger partial charge in [-0.25, -0.2) is 5.01 Å². The lowest BCUT2D eigenvalue weighted by atomic mass is 9.98. The minimum Gasteiger partial charge on any atom is -0.497 e. The number of carbonyl (C=O) groups excluding carboxylic acids is 2. The van der Waals surface area contributed by atoms with Crippen LogP contribution in [0.3, 0.4) is 0 Å². The fourth-order valence-corrected chi connectivity index (χ4v) is 4.92. The summed E-state index contributed by atoms with van der Waals surface area (Å²) in [5, 5.41) is 6.31. The Kier molecular flexibility index (Phi) is 8.59. The molecule has 8 heteroatoms. The van der Waals surface area contributed by atoms with Gasteiger partial charge in [-0.2, -0.15) is 5.10 Å². The van der Waals surface area contributed by atoms with E-state index in [0.29, 0.717) is 19.6 Å². The van der Waals surface area contributed by atoms with Crippen molar-refractivity contribution in [3.63, 3.8) is 0 Å². The Morgan fingerprint density at radius 3 is 2.14 bits per heavy atom. The van der Waals surface area contributed by atoms with Crippen LogP contribution in [-0.4, -0.2) is 68.5 Å². The van der Waals surface area contributed by atoms with Crippen LogP contribution in [0, 0.1) is 5.92 Å². The molecule has 4 rings (SSSR count). The first-order valence-corrected chi connectivity index (χ1v) is 12.5. The van der Waals surface area contributed by atoms with Gasteiger partial charge in [-0.05, 0) is 60.4 Å². The summed E-state index contributed by atoms with van der Waals surface area (Å²) < 4.78 is 15.8. The standard InChI is InChI=1S/C28H35N3O5/c1-34-17-16-30(28(33)22-6-4-5-7-22)19-27(32)31-26(21-10-14-24(36-3)15-11-21)18-25(29-31)20-8-12-23(35-2)13-9-20/h8-15,22,26H,4-7,16-19H2,1-3H3/t26-/m0/s1. The van der Waals surface area contributed by atoms with Gasteiger partial charge in [-0.15, -0.1) is 0 Å². The van der Waals surface area contributed by atoms with E-state index < -0.39 is 0 Å². The molecule has 192 valence electrons. The van der Waals surface area contributed by atoms with Gasteiger partial charge < -0.3 is 19.1 Å². The first-order chi connectivity index (χ1) is 17.5. The molecule has 1 aliphatic carbocycles. The van der Waals surface area contributed by atoms with E-state index >= 15 is 0 Å². The second-order valence-corrected chi connectivity index (χ2v) is 9.24. The zero-order valence-corrected chi connectivity index (χ0v) is 21.3. The lowest BCUT2D eigenvalue weighted by Crippen LogP contribution is -2.44. The average molecular weight is 494 g/mol. The van der Waals surface area contributed by atoms with Crippen molar-refractivity contribution >= 4 is 17.5 Å². The molecule has 1 fully saturated rings. The first kappa shape index (κ1) is 25.7. The summed E-state index contributed by atoms with van der Waals surface area (Å²) in [4.78, 5) is 28.5. The van der Waals surface area contributed by atoms with Crippen LogP contribution in [0.4, 0.5) is 0 Å². The summed E-state index contributed by atoms with van der Waals surface area (Å²) in [5.41, 5.74) is 2.71. The van der Waals surface area contributed by atoms with Gasteiger partial charge >= 0.3 is 0 Å². The van der Waals surface area contributed by atoms with Crippen LogP contribution in [0.1, 0.15) is 49.3 Å². The van der Waals surface area contributed by atoms with Gasteiger partial charge in [0.1, 0.15) is 18.0 Å². The molecule has 0 radical (unpaired) electrons. The van der Waals surface area contributed by atoms with Crippen molar-refractivity contribution in [1.82, 2.24) is 9.91 Å². The maximum absolute atomic E-state index is 13.7. The molecule has 2 aromatic carbocycles. The molecule has 8 nitrogen and oxygen atoms in total. The molecule has 1 saturated carbocycles. The van der Waals surface area contributed by atoms with Gasteiger partial charge in [-0.1, -0.05) is 25.0 Å². The van der Waals surface area contributed by atoms with Crippen LogP contribution in [0.5, 0.6) is 11.5 Å². The lowest BCUT2D eigenvalue weighted by Gasteiger charge is -2.28. The molecule has 2 amide bonds. The van der Waals surface area contributed by atoms with Gasteiger partial charge in [0.15, 0.2) is 0 Å². The van der Waals surface area contributed by atoms with Crippen LogP contribution in [0.2, 0.25) is 0 Å². The number of nitrogens with zero attached hydrogens (tertiary/aromatic N) is 3. The Morgan fingerprint density at radius 2 is 1.56 bits per heavy atom. The number of carbonyl (C=O) groups is 2. The quantitative estimate of drug-likeness (QED) is 0.499. The largest absolute Gasteiger partial charge is 0.497 e. The molecular weight excluding hydrogens is 458 g/mol. The maximum atomic E-state index is 13.7. The highest BCUT2D eigenvalue weighted by Gasteiger charge is 2.35. The highest BCUT2D eigenvalue weighted by molar-refractivity contribution is 6.03. The Balaban J connectivity index is 1.59. The van der Waals surface area contributed by atoms with Crippen LogP contribution in [0.15, 0.2) is 53.6 Å². The predicted octanol–water partition coefficient (Wildman–Crippen LogP) is 4.05. The van der Waals surface area contributed by atoms with E-state index in [1.54, 1.807) is 31.2 Å². The molecule has 0 spiro atoms. The summed E-state index contributed by atoms with van der Waals surface area (Å²) in [6, 6.07) is 15.1. The zero-order valence-electron chi connectivity index (χ0n) is 21.3. The van der Waals surface area contributed by atoms with E-state index in [1.165, 1.54) is 0 Å². The van der Waals surface area contributed by atoms with Crippen molar-refractivity contribution in [2.75, 3.05) is 41.0 Å². The monoisotopic (exact) mass is 493 g/mol. The van der Waals surface area contributed by atoms with Crippen LogP contribution in [0.25, 0.3) is 0 Å². The van der Waals surface area contributed by atoms with E-state index in [2.05, 4.69) is 0 Å². The number of hydrogen-bond donors (Lipinski definition) is 0. The predicted molar refractivity (Wildman–Crippen MR) is 137 cm³/mol. The summed E-state index contributed by atoms with van der Waals surface area (Å²) in [6.45, 7) is 0.742. The molecular formula is C28H35N3O5. The highest BCUT2D eigenvalue weighted by atomic mass is 16.5. The van der Waals surface area contributed by atoms with Crippen molar-refractivity contribution in [2.45, 2.75) is 38.1 Å². The van der Waals surface area contributed by atoms with Gasteiger partial charge in [0.2, 0.25) is 5.91 Å². The highest BCUT2D eigenvalue weighted by Crippen LogP contribution is 2.34. The summed E-state index contributed by atoms with van der Waals surface area (Å²) >= 11 is 0. The molecule has 0 unspecified atom stereocenters. The summed E-state index contributed by atoms with van der Waals surface area (Å²) in [7, 11) is 4.86. The third kappa shape index (κ3) is 5.87. The topological polar surface area (TPSA) is 80.7 Å². The Hall–Kier alpha value is -3.39. The average Bonchev–Trinajstić information content (AvgIpc) is 3.62. The molecule has 0 saturated heterocycles. The van der Waals surface area contributed by atoms with E-state index in [-0.39, 0.29) is 30.3 Å². The minimum atomic E-state index is -0.272. The molecule has 1 aliphatic heterocycles. The third-order valence-electron chi connectivity index (χ3n) is 7.00. The number of methoxy groups -OCH3 is 3. The molecule has 36 heavy (non-hydrogen) atoms. The molecule has 0 N–H and O–H groups in total. The number of ether oxygens (including phenoxy) is 3. The van der Waals surface area contributed by atoms with Gasteiger partial charge in [-0.3, -0.25) is 9.59 Å². The molecule has 1 heterocycles. The summed E-state index contributed by atoms with van der Waals surface area (Å²) in [6.07, 6.45) is 4.45. The Bertz CT molecular complexity index is 1060.